The third-order valence-corrected chi connectivity index (χ3v) is 2.99. The van der Waals surface area contributed by atoms with E-state index in [4.69, 9.17) is 4.52 Å². The zero-order valence-corrected chi connectivity index (χ0v) is 10.00. The van der Waals surface area contributed by atoms with E-state index >= 15 is 0 Å². The van der Waals surface area contributed by atoms with Crippen LogP contribution in [0.15, 0.2) is 22.9 Å². The molecule has 1 fully saturated rings. The molecule has 1 aliphatic rings. The predicted octanol–water partition coefficient (Wildman–Crippen LogP) is 0.835. The number of pyridine rings is 1. The maximum atomic E-state index is 9.46. The molecule has 2 N–H and O–H groups in total. The Morgan fingerprint density at radius 1 is 1.50 bits per heavy atom. The molecule has 2 unspecified atom stereocenters. The zero-order valence-electron chi connectivity index (χ0n) is 10.00. The molecule has 0 spiro atoms. The third-order valence-electron chi connectivity index (χ3n) is 2.99. The minimum Gasteiger partial charge on any atom is -0.392 e. The van der Waals surface area contributed by atoms with E-state index in [1.54, 1.807) is 6.20 Å². The van der Waals surface area contributed by atoms with E-state index in [9.17, 15) is 5.11 Å². The minimum absolute atomic E-state index is 0.0638. The molecule has 1 saturated heterocycles. The maximum absolute atomic E-state index is 9.46. The average Bonchev–Trinajstić information content (AvgIpc) is 2.97. The Hall–Kier alpha value is -1.79. The van der Waals surface area contributed by atoms with Gasteiger partial charge in [0, 0.05) is 12.7 Å². The quantitative estimate of drug-likeness (QED) is 0.816. The molecular formula is C12H14N4O2. The summed E-state index contributed by atoms with van der Waals surface area (Å²) in [6, 6.07) is 3.76. The Kier molecular flexibility index (Phi) is 2.81. The monoisotopic (exact) mass is 246 g/mol. The Morgan fingerprint density at radius 3 is 3.11 bits per heavy atom. The van der Waals surface area contributed by atoms with Crippen LogP contribution >= 0.6 is 0 Å². The summed E-state index contributed by atoms with van der Waals surface area (Å²) in [5.41, 5.74) is 1.80. The van der Waals surface area contributed by atoms with Crippen molar-refractivity contribution in [2.24, 2.45) is 0 Å². The maximum Gasteiger partial charge on any atom is 0.244 e. The van der Waals surface area contributed by atoms with Gasteiger partial charge in [0.25, 0.3) is 0 Å². The molecule has 0 saturated carbocycles. The Bertz CT molecular complexity index is 555. The molecule has 1 aliphatic heterocycles. The van der Waals surface area contributed by atoms with E-state index in [1.165, 1.54) is 0 Å². The molecule has 6 nitrogen and oxygen atoms in total. The fraction of sp³-hybridized carbons (Fsp3) is 0.417. The van der Waals surface area contributed by atoms with Crippen LogP contribution in [0.4, 0.5) is 0 Å². The summed E-state index contributed by atoms with van der Waals surface area (Å²) in [6.07, 6.45) is 1.98. The van der Waals surface area contributed by atoms with Crippen LogP contribution in [0, 0.1) is 6.92 Å². The Labute approximate surface area is 104 Å². The van der Waals surface area contributed by atoms with E-state index < -0.39 is 0 Å². The highest BCUT2D eigenvalue weighted by Gasteiger charge is 2.28. The topological polar surface area (TPSA) is 84.1 Å². The minimum atomic E-state index is -0.345. The predicted molar refractivity (Wildman–Crippen MR) is 63.6 cm³/mol. The largest absolute Gasteiger partial charge is 0.392 e. The highest BCUT2D eigenvalue weighted by molar-refractivity contribution is 5.49. The Morgan fingerprint density at radius 2 is 2.39 bits per heavy atom. The van der Waals surface area contributed by atoms with Gasteiger partial charge in [-0.05, 0) is 31.0 Å². The molecule has 0 aliphatic carbocycles. The molecule has 18 heavy (non-hydrogen) atoms. The van der Waals surface area contributed by atoms with Gasteiger partial charge in [0.2, 0.25) is 11.7 Å². The molecule has 94 valence electrons. The second-order valence-corrected chi connectivity index (χ2v) is 4.53. The number of aliphatic hydroxyl groups excluding tert-OH is 1. The summed E-state index contributed by atoms with van der Waals surface area (Å²) in [5, 5.41) is 16.5. The van der Waals surface area contributed by atoms with Gasteiger partial charge in [-0.2, -0.15) is 4.98 Å². The van der Waals surface area contributed by atoms with Crippen molar-refractivity contribution >= 4 is 0 Å². The first-order chi connectivity index (χ1) is 8.72. The third kappa shape index (κ3) is 2.12. The molecule has 0 amide bonds. The number of β-amino-alcohol motifs (C(OH)–C–C–N with tert-alkyl or cyclic N) is 1. The van der Waals surface area contributed by atoms with E-state index in [0.29, 0.717) is 30.4 Å². The lowest BCUT2D eigenvalue weighted by atomic mass is 10.2. The van der Waals surface area contributed by atoms with Gasteiger partial charge in [-0.15, -0.1) is 0 Å². The summed E-state index contributed by atoms with van der Waals surface area (Å²) in [7, 11) is 0. The van der Waals surface area contributed by atoms with Gasteiger partial charge in [-0.1, -0.05) is 5.16 Å². The van der Waals surface area contributed by atoms with Crippen LogP contribution in [-0.4, -0.2) is 32.9 Å². The molecule has 2 aromatic rings. The summed E-state index contributed by atoms with van der Waals surface area (Å²) in [4.78, 5) is 8.53. The molecular weight excluding hydrogens is 232 g/mol. The van der Waals surface area contributed by atoms with Crippen LogP contribution in [0.2, 0.25) is 0 Å². The van der Waals surface area contributed by atoms with Crippen molar-refractivity contribution in [1.29, 1.82) is 0 Å². The SMILES string of the molecule is Cc1ccnc(-c2noc(C3CC(O)CN3)n2)c1. The van der Waals surface area contributed by atoms with Crippen molar-refractivity contribution in [3.8, 4) is 11.5 Å². The molecule has 3 heterocycles. The second-order valence-electron chi connectivity index (χ2n) is 4.53. The number of nitrogens with zero attached hydrogens (tertiary/aromatic N) is 3. The van der Waals surface area contributed by atoms with E-state index in [-0.39, 0.29) is 12.1 Å². The molecule has 0 bridgehead atoms. The second kappa shape index (κ2) is 4.47. The molecule has 6 heteroatoms. The molecule has 0 radical (unpaired) electrons. The van der Waals surface area contributed by atoms with Crippen LogP contribution in [-0.2, 0) is 0 Å². The van der Waals surface area contributed by atoms with Gasteiger partial charge in [-0.25, -0.2) is 0 Å². The zero-order chi connectivity index (χ0) is 12.5. The number of aliphatic hydroxyl groups is 1. The van der Waals surface area contributed by atoms with Crippen molar-refractivity contribution < 1.29 is 9.63 Å². The smallest absolute Gasteiger partial charge is 0.244 e. The van der Waals surface area contributed by atoms with Gasteiger partial charge < -0.3 is 14.9 Å². The van der Waals surface area contributed by atoms with E-state index in [1.807, 2.05) is 19.1 Å². The van der Waals surface area contributed by atoms with E-state index in [2.05, 4.69) is 20.4 Å². The lowest BCUT2D eigenvalue weighted by molar-refractivity contribution is 0.191. The van der Waals surface area contributed by atoms with Crippen molar-refractivity contribution in [2.75, 3.05) is 6.54 Å². The molecule has 2 atom stereocenters. The van der Waals surface area contributed by atoms with Gasteiger partial charge in [0.15, 0.2) is 0 Å². The molecule has 0 aromatic carbocycles. The summed E-state index contributed by atoms with van der Waals surface area (Å²) < 4.78 is 5.22. The Balaban J connectivity index is 1.85. The summed E-state index contributed by atoms with van der Waals surface area (Å²) in [5.74, 6) is 0.988. The standard InChI is InChI=1S/C12H14N4O2/c1-7-2-3-13-9(4-7)11-15-12(18-16-11)10-5-8(17)6-14-10/h2-4,8,10,14,17H,5-6H2,1H3. The lowest BCUT2D eigenvalue weighted by Crippen LogP contribution is -2.15. The highest BCUT2D eigenvalue weighted by Crippen LogP contribution is 2.24. The fourth-order valence-corrected chi connectivity index (χ4v) is 2.04. The van der Waals surface area contributed by atoms with Crippen molar-refractivity contribution in [3.05, 3.63) is 29.8 Å². The first-order valence-electron chi connectivity index (χ1n) is 5.90. The number of rotatable bonds is 2. The molecule has 3 rings (SSSR count). The van der Waals surface area contributed by atoms with Crippen LogP contribution in [0.3, 0.4) is 0 Å². The van der Waals surface area contributed by atoms with E-state index in [0.717, 1.165) is 5.56 Å². The van der Waals surface area contributed by atoms with Gasteiger partial charge in [0.1, 0.15) is 5.69 Å². The van der Waals surface area contributed by atoms with Gasteiger partial charge >= 0.3 is 0 Å². The van der Waals surface area contributed by atoms with Crippen LogP contribution < -0.4 is 5.32 Å². The van der Waals surface area contributed by atoms with Gasteiger partial charge in [-0.3, -0.25) is 4.98 Å². The van der Waals surface area contributed by atoms with Crippen molar-refractivity contribution in [1.82, 2.24) is 20.4 Å². The number of hydrogen-bond donors (Lipinski definition) is 2. The normalized spacial score (nSPS) is 23.4. The average molecular weight is 246 g/mol. The first-order valence-corrected chi connectivity index (χ1v) is 5.90. The van der Waals surface area contributed by atoms with Crippen molar-refractivity contribution in [2.45, 2.75) is 25.5 Å². The molecule has 2 aromatic heterocycles. The first kappa shape index (κ1) is 11.3. The number of hydrogen-bond acceptors (Lipinski definition) is 6. The van der Waals surface area contributed by atoms with Crippen LogP contribution in [0.1, 0.15) is 23.9 Å². The highest BCUT2D eigenvalue weighted by atomic mass is 16.5. The summed E-state index contributed by atoms with van der Waals surface area (Å²) in [6.45, 7) is 2.55. The number of nitrogens with one attached hydrogen (secondary N) is 1. The van der Waals surface area contributed by atoms with Gasteiger partial charge in [0.05, 0.1) is 12.1 Å². The number of aromatic nitrogens is 3. The summed E-state index contributed by atoms with van der Waals surface area (Å²) >= 11 is 0. The van der Waals surface area contributed by atoms with Crippen molar-refractivity contribution in [3.63, 3.8) is 0 Å². The number of aryl methyl sites for hydroxylation is 1. The lowest BCUT2D eigenvalue weighted by Gasteiger charge is -2.01. The van der Waals surface area contributed by atoms with Crippen LogP contribution in [0.5, 0.6) is 0 Å². The van der Waals surface area contributed by atoms with Crippen LogP contribution in [0.25, 0.3) is 11.5 Å². The fourth-order valence-electron chi connectivity index (χ4n) is 2.04.